The van der Waals surface area contributed by atoms with Crippen LogP contribution in [0.25, 0.3) is 0 Å². The first-order chi connectivity index (χ1) is 8.61. The van der Waals surface area contributed by atoms with Crippen LogP contribution in [0.4, 0.5) is 5.69 Å². The predicted molar refractivity (Wildman–Crippen MR) is 76.2 cm³/mol. The van der Waals surface area contributed by atoms with E-state index in [0.717, 1.165) is 35.1 Å². The molecule has 0 aliphatic rings. The fraction of sp³-hybridized carbons (Fsp3) is 0.357. The number of benzene rings is 1. The van der Waals surface area contributed by atoms with Crippen molar-refractivity contribution in [2.24, 2.45) is 0 Å². The molecule has 1 heterocycles. The molecule has 0 unspecified atom stereocenters. The highest BCUT2D eigenvalue weighted by Gasteiger charge is 2.06. The van der Waals surface area contributed by atoms with Gasteiger partial charge < -0.3 is 5.32 Å². The van der Waals surface area contributed by atoms with Crippen LogP contribution < -0.4 is 5.32 Å². The van der Waals surface area contributed by atoms with E-state index in [1.54, 1.807) is 0 Å². The quantitative estimate of drug-likeness (QED) is 0.910. The van der Waals surface area contributed by atoms with Crippen molar-refractivity contribution in [2.45, 2.75) is 33.9 Å². The molecule has 0 radical (unpaired) electrons. The van der Waals surface area contributed by atoms with Crippen LogP contribution in [0.3, 0.4) is 0 Å². The van der Waals surface area contributed by atoms with Crippen molar-refractivity contribution >= 4 is 17.3 Å². The Hall–Kier alpha value is -1.48. The third kappa shape index (κ3) is 2.67. The van der Waals surface area contributed by atoms with Crippen molar-refractivity contribution in [2.75, 3.05) is 5.32 Å². The number of rotatable bonds is 4. The fourth-order valence-electron chi connectivity index (χ4n) is 1.98. The van der Waals surface area contributed by atoms with Gasteiger partial charge in [-0.05, 0) is 38.5 Å². The zero-order valence-corrected chi connectivity index (χ0v) is 11.8. The molecular weight excluding hydrogens is 246 g/mol. The van der Waals surface area contributed by atoms with Crippen molar-refractivity contribution in [3.8, 4) is 0 Å². The molecule has 0 fully saturated rings. The molecule has 2 rings (SSSR count). The molecule has 0 amide bonds. The summed E-state index contributed by atoms with van der Waals surface area (Å²) in [5.41, 5.74) is 4.27. The third-order valence-electron chi connectivity index (χ3n) is 2.94. The summed E-state index contributed by atoms with van der Waals surface area (Å²) in [6, 6.07) is 8.11. The summed E-state index contributed by atoms with van der Waals surface area (Å²) in [6.07, 6.45) is 0. The minimum atomic E-state index is 0.734. The van der Waals surface area contributed by atoms with Crippen molar-refractivity contribution in [3.63, 3.8) is 0 Å². The Bertz CT molecular complexity index is 546. The van der Waals surface area contributed by atoms with E-state index < -0.39 is 0 Å². The predicted octanol–water partition coefficient (Wildman–Crippen LogP) is 3.79. The number of aryl methyl sites for hydroxylation is 3. The Morgan fingerprint density at radius 3 is 2.83 bits per heavy atom. The van der Waals surface area contributed by atoms with E-state index >= 15 is 0 Å². The van der Waals surface area contributed by atoms with Gasteiger partial charge in [-0.1, -0.05) is 23.7 Å². The highest BCUT2D eigenvalue weighted by atomic mass is 35.5. The molecule has 0 spiro atoms. The van der Waals surface area contributed by atoms with Gasteiger partial charge in [-0.3, -0.25) is 4.68 Å². The highest BCUT2D eigenvalue weighted by molar-refractivity contribution is 6.33. The maximum atomic E-state index is 6.25. The van der Waals surface area contributed by atoms with Gasteiger partial charge in [-0.15, -0.1) is 0 Å². The van der Waals surface area contributed by atoms with Crippen LogP contribution in [0, 0.1) is 13.8 Å². The number of nitrogens with zero attached hydrogens (tertiary/aromatic N) is 2. The summed E-state index contributed by atoms with van der Waals surface area (Å²) >= 11 is 6.25. The Kier molecular flexibility index (Phi) is 3.92. The molecule has 0 atom stereocenters. The van der Waals surface area contributed by atoms with Crippen LogP contribution in [-0.2, 0) is 13.1 Å². The summed E-state index contributed by atoms with van der Waals surface area (Å²) in [4.78, 5) is 0. The average Bonchev–Trinajstić information content (AvgIpc) is 2.71. The molecule has 1 N–H and O–H groups in total. The van der Waals surface area contributed by atoms with Crippen molar-refractivity contribution in [3.05, 3.63) is 46.2 Å². The van der Waals surface area contributed by atoms with E-state index in [9.17, 15) is 0 Å². The van der Waals surface area contributed by atoms with E-state index in [-0.39, 0.29) is 0 Å². The molecule has 1 aromatic carbocycles. The molecule has 0 bridgehead atoms. The molecular formula is C14H18ClN3. The minimum Gasteiger partial charge on any atom is -0.378 e. The molecule has 18 heavy (non-hydrogen) atoms. The fourth-order valence-corrected chi connectivity index (χ4v) is 2.18. The summed E-state index contributed by atoms with van der Waals surface area (Å²) in [5.74, 6) is 0. The standard InChI is InChI=1S/C14H18ClN3/c1-4-18-12(8-11(3)17-18)9-16-13-7-5-6-10(2)14(13)15/h5-8,16H,4,9H2,1-3H3. The van der Waals surface area contributed by atoms with Gasteiger partial charge in [0.05, 0.1) is 28.6 Å². The van der Waals surface area contributed by atoms with Gasteiger partial charge in [-0.25, -0.2) is 0 Å². The Morgan fingerprint density at radius 2 is 2.11 bits per heavy atom. The molecule has 4 heteroatoms. The van der Waals surface area contributed by atoms with Crippen LogP contribution in [0.2, 0.25) is 5.02 Å². The number of anilines is 1. The second-order valence-electron chi connectivity index (χ2n) is 4.38. The Labute approximate surface area is 113 Å². The first kappa shape index (κ1) is 13.0. The second-order valence-corrected chi connectivity index (χ2v) is 4.76. The van der Waals surface area contributed by atoms with Gasteiger partial charge >= 0.3 is 0 Å². The van der Waals surface area contributed by atoms with Crippen LogP contribution in [0.1, 0.15) is 23.9 Å². The monoisotopic (exact) mass is 263 g/mol. The SMILES string of the molecule is CCn1nc(C)cc1CNc1cccc(C)c1Cl. The molecule has 1 aromatic heterocycles. The lowest BCUT2D eigenvalue weighted by molar-refractivity contribution is 0.623. The van der Waals surface area contributed by atoms with E-state index in [1.165, 1.54) is 5.69 Å². The zero-order valence-electron chi connectivity index (χ0n) is 11.0. The van der Waals surface area contributed by atoms with Crippen LogP contribution in [0.15, 0.2) is 24.3 Å². The number of nitrogens with one attached hydrogen (secondary N) is 1. The lowest BCUT2D eigenvalue weighted by atomic mass is 10.2. The van der Waals surface area contributed by atoms with Gasteiger partial charge in [0.25, 0.3) is 0 Å². The summed E-state index contributed by atoms with van der Waals surface area (Å²) in [7, 11) is 0. The lowest BCUT2D eigenvalue weighted by Gasteiger charge is -2.10. The lowest BCUT2D eigenvalue weighted by Crippen LogP contribution is -2.08. The summed E-state index contributed by atoms with van der Waals surface area (Å²) in [6.45, 7) is 7.73. The van der Waals surface area contributed by atoms with Gasteiger partial charge in [0.2, 0.25) is 0 Å². The molecule has 0 aliphatic carbocycles. The van der Waals surface area contributed by atoms with Gasteiger partial charge in [0, 0.05) is 6.54 Å². The number of halogens is 1. The maximum absolute atomic E-state index is 6.25. The molecule has 96 valence electrons. The van der Waals surface area contributed by atoms with Gasteiger partial charge in [0.1, 0.15) is 0 Å². The topological polar surface area (TPSA) is 29.9 Å². The van der Waals surface area contributed by atoms with E-state index in [4.69, 9.17) is 11.6 Å². The number of aromatic nitrogens is 2. The van der Waals surface area contributed by atoms with Gasteiger partial charge in [-0.2, -0.15) is 5.10 Å². The Morgan fingerprint density at radius 1 is 1.33 bits per heavy atom. The van der Waals surface area contributed by atoms with Crippen molar-refractivity contribution in [1.82, 2.24) is 9.78 Å². The van der Waals surface area contributed by atoms with Crippen molar-refractivity contribution in [1.29, 1.82) is 0 Å². The molecule has 0 aliphatic heterocycles. The summed E-state index contributed by atoms with van der Waals surface area (Å²) < 4.78 is 2.01. The second kappa shape index (κ2) is 5.44. The molecule has 2 aromatic rings. The number of hydrogen-bond donors (Lipinski definition) is 1. The number of hydrogen-bond acceptors (Lipinski definition) is 2. The molecule has 0 saturated carbocycles. The third-order valence-corrected chi connectivity index (χ3v) is 3.44. The maximum Gasteiger partial charge on any atom is 0.0666 e. The molecule has 3 nitrogen and oxygen atoms in total. The van der Waals surface area contributed by atoms with Gasteiger partial charge in [0.15, 0.2) is 0 Å². The van der Waals surface area contributed by atoms with Crippen LogP contribution >= 0.6 is 11.6 Å². The van der Waals surface area contributed by atoms with Crippen LogP contribution in [0.5, 0.6) is 0 Å². The Balaban J connectivity index is 2.13. The minimum absolute atomic E-state index is 0.734. The molecule has 0 saturated heterocycles. The zero-order chi connectivity index (χ0) is 13.1. The first-order valence-corrected chi connectivity index (χ1v) is 6.52. The average molecular weight is 264 g/mol. The highest BCUT2D eigenvalue weighted by Crippen LogP contribution is 2.25. The van der Waals surface area contributed by atoms with Crippen molar-refractivity contribution < 1.29 is 0 Å². The van der Waals surface area contributed by atoms with E-state index in [0.29, 0.717) is 0 Å². The smallest absolute Gasteiger partial charge is 0.0666 e. The van der Waals surface area contributed by atoms with E-state index in [2.05, 4.69) is 23.4 Å². The normalized spacial score (nSPS) is 10.7. The van der Waals surface area contributed by atoms with Crippen LogP contribution in [-0.4, -0.2) is 9.78 Å². The first-order valence-electron chi connectivity index (χ1n) is 6.14. The van der Waals surface area contributed by atoms with E-state index in [1.807, 2.05) is 36.7 Å². The summed E-state index contributed by atoms with van der Waals surface area (Å²) in [5, 5.41) is 8.58. The largest absolute Gasteiger partial charge is 0.378 e.